The van der Waals surface area contributed by atoms with E-state index in [0.29, 0.717) is 51.1 Å². The van der Waals surface area contributed by atoms with Crippen molar-refractivity contribution < 1.29 is 106 Å². The monoisotopic (exact) mass is 1430 g/mol. The number of aromatic hydroxyl groups is 1. The van der Waals surface area contributed by atoms with Crippen LogP contribution >= 0.6 is 54.0 Å². The van der Waals surface area contributed by atoms with Crippen molar-refractivity contribution in [3.05, 3.63) is 178 Å². The van der Waals surface area contributed by atoms with E-state index < -0.39 is 70.9 Å². The number of hydrogen-bond acceptors (Lipinski definition) is 15. The van der Waals surface area contributed by atoms with Crippen molar-refractivity contribution in [1.29, 1.82) is 0 Å². The summed E-state index contributed by atoms with van der Waals surface area (Å²) in [5, 5.41) is 10.5. The fourth-order valence-electron chi connectivity index (χ4n) is 12.1. The minimum absolute atomic E-state index is 0. The minimum Gasteiger partial charge on any atom is -0.508 e. The molecule has 0 radical (unpaired) electrons. The molecule has 2 aliphatic carbocycles. The molecule has 92 heavy (non-hydrogen) atoms. The lowest BCUT2D eigenvalue weighted by Gasteiger charge is -2.35. The number of phenolic OH excluding ortho intramolecular Hbond substituents is 1. The van der Waals surface area contributed by atoms with E-state index in [4.69, 9.17) is 18.9 Å². The maximum Gasteiger partial charge on any atom is 0.534 e. The third kappa shape index (κ3) is 15.4. The van der Waals surface area contributed by atoms with Crippen molar-refractivity contribution in [2.75, 3.05) is 39.5 Å². The van der Waals surface area contributed by atoms with Crippen LogP contribution in [0.4, 0.5) is 49.1 Å². The highest BCUT2D eigenvalue weighted by atomic mass is 32.3. The number of benzene rings is 6. The van der Waals surface area contributed by atoms with Gasteiger partial charge in [0.15, 0.2) is 0 Å². The Kier molecular flexibility index (Phi) is 24.2. The molecule has 2 fully saturated rings. The zero-order valence-corrected chi connectivity index (χ0v) is 54.3. The quantitative estimate of drug-likeness (QED) is 0.0766. The molecule has 4 heterocycles. The number of carbonyl (C=O) groups excluding carboxylic acids is 2. The topological polar surface area (TPSA) is 219 Å². The lowest BCUT2D eigenvalue weighted by molar-refractivity contribution is -0.0586. The second-order valence-corrected chi connectivity index (χ2v) is 25.9. The molecule has 0 unspecified atom stereocenters. The molecule has 6 aromatic carbocycles. The number of fused-ring (bicyclic) bond motifs is 8. The van der Waals surface area contributed by atoms with Gasteiger partial charge in [-0.25, -0.2) is 9.59 Å². The first kappa shape index (κ1) is 75.0. The van der Waals surface area contributed by atoms with Crippen LogP contribution in [0.15, 0.2) is 133 Å². The standard InChI is InChI=1S/C29H26F3NO6S.C28H27NO4.C2F6O5S2.4H2S/c30-29(31,32)40(35,36)39-25-13-5-7-18-14-16-37-27(26(18)25)24-12-6-15-33(24)28(34)38-17-23-21-10-3-1-8-19(21)20-9-2-4-11-22(20)23;30-25-13-5-7-18-14-16-32-27(26(18)25)24-12-6-15-29(24)28(31)33-17-23-21-10-3-1-8-19(21)20-9-2-4-11-22(20)23;3-1(4,5)14(9,10)13-15(11,12)2(6,7)8;;;;/h1-5,7-11,13,23-24,27H,6,12,14-17H2;1-5,7-11,13,23-24,27,30H,6,12,14-17H2;;4*1H2/t2*24-,27+;;;;;/m00...../s1. The number of phenols is 1. The minimum atomic E-state index is -6.85. The molecule has 12 rings (SSSR count). The molecule has 2 amide bonds. The number of halogens is 9. The first-order chi connectivity index (χ1) is 41.6. The molecule has 0 saturated carbocycles. The summed E-state index contributed by atoms with van der Waals surface area (Å²) in [5.74, 6) is -0.287. The number of nitrogens with zero attached hydrogens (tertiary/aromatic N) is 2. The van der Waals surface area contributed by atoms with E-state index in [-0.39, 0.29) is 109 Å². The van der Waals surface area contributed by atoms with Gasteiger partial charge in [-0.1, -0.05) is 121 Å². The van der Waals surface area contributed by atoms with Crippen LogP contribution in [0.5, 0.6) is 11.5 Å². The zero-order valence-electron chi connectivity index (χ0n) is 47.8. The summed E-state index contributed by atoms with van der Waals surface area (Å²) in [7, 11) is -19.6. The summed E-state index contributed by atoms with van der Waals surface area (Å²) in [6.45, 7) is 2.31. The van der Waals surface area contributed by atoms with Gasteiger partial charge < -0.3 is 38.0 Å². The van der Waals surface area contributed by atoms with E-state index >= 15 is 0 Å². The number of hydrogen-bond donors (Lipinski definition) is 1. The number of ether oxygens (including phenoxy) is 4. The van der Waals surface area contributed by atoms with Gasteiger partial charge in [-0.05, 0) is 106 Å². The summed E-state index contributed by atoms with van der Waals surface area (Å²) < 4.78 is 201. The van der Waals surface area contributed by atoms with Crippen molar-refractivity contribution >= 4 is 96.5 Å². The molecule has 0 spiro atoms. The Morgan fingerprint density at radius 2 is 0.826 bits per heavy atom. The molecule has 6 aliphatic rings. The maximum absolute atomic E-state index is 13.4. The predicted octanol–water partition coefficient (Wildman–Crippen LogP) is 12.5. The Morgan fingerprint density at radius 3 is 1.21 bits per heavy atom. The second kappa shape index (κ2) is 29.7. The molecule has 17 nitrogen and oxygen atoms in total. The predicted molar refractivity (Wildman–Crippen MR) is 337 cm³/mol. The first-order valence-electron chi connectivity index (χ1n) is 27.3. The van der Waals surface area contributed by atoms with E-state index in [2.05, 4.69) is 40.6 Å². The van der Waals surface area contributed by atoms with Gasteiger partial charge in [0.05, 0.1) is 25.3 Å². The van der Waals surface area contributed by atoms with E-state index in [1.807, 2.05) is 76.4 Å². The van der Waals surface area contributed by atoms with Crippen molar-refractivity contribution in [2.24, 2.45) is 0 Å². The lowest BCUT2D eigenvalue weighted by Crippen LogP contribution is -2.42. The van der Waals surface area contributed by atoms with Gasteiger partial charge in [0, 0.05) is 36.1 Å². The van der Waals surface area contributed by atoms with Gasteiger partial charge in [0.25, 0.3) is 0 Å². The normalized spacial score (nSPS) is 19.1. The summed E-state index contributed by atoms with van der Waals surface area (Å²) in [5.41, 5.74) is -6.13. The lowest BCUT2D eigenvalue weighted by atomic mass is 9.91. The Morgan fingerprint density at radius 1 is 0.478 bits per heavy atom. The van der Waals surface area contributed by atoms with Crippen LogP contribution in [0.1, 0.15) is 94.2 Å². The van der Waals surface area contributed by atoms with Gasteiger partial charge in [-0.15, -0.1) is 3.63 Å². The van der Waals surface area contributed by atoms with Crippen LogP contribution in [-0.4, -0.2) is 120 Å². The highest BCUT2D eigenvalue weighted by molar-refractivity contribution is 8.00. The number of rotatable bonds is 10. The molecule has 4 atom stereocenters. The van der Waals surface area contributed by atoms with Gasteiger partial charge in [0.2, 0.25) is 0 Å². The van der Waals surface area contributed by atoms with Crippen molar-refractivity contribution in [3.63, 3.8) is 0 Å². The van der Waals surface area contributed by atoms with Crippen molar-refractivity contribution in [1.82, 2.24) is 9.80 Å². The molecule has 0 bridgehead atoms. The summed E-state index contributed by atoms with van der Waals surface area (Å²) >= 11 is 0. The molecule has 6 aromatic rings. The largest absolute Gasteiger partial charge is 0.534 e. The fourth-order valence-corrected chi connectivity index (χ4v) is 14.1. The highest BCUT2D eigenvalue weighted by Crippen LogP contribution is 2.48. The summed E-state index contributed by atoms with van der Waals surface area (Å²) in [4.78, 5) is 30.0. The Labute approximate surface area is 551 Å². The third-order valence-electron chi connectivity index (χ3n) is 15.9. The van der Waals surface area contributed by atoms with E-state index in [1.165, 1.54) is 39.3 Å². The highest BCUT2D eigenvalue weighted by Gasteiger charge is 2.58. The molecule has 0 aromatic heterocycles. The Hall–Kier alpha value is -6.04. The number of amides is 2. The van der Waals surface area contributed by atoms with Crippen LogP contribution < -0.4 is 4.18 Å². The van der Waals surface area contributed by atoms with E-state index in [0.717, 1.165) is 52.6 Å². The average molecular weight is 1430 g/mol. The van der Waals surface area contributed by atoms with Crippen molar-refractivity contribution in [2.45, 2.75) is 91.2 Å². The molecular weight excluding hydrogens is 1370 g/mol. The molecule has 1 N–H and O–H groups in total. The van der Waals surface area contributed by atoms with Crippen LogP contribution in [-0.2, 0) is 65.8 Å². The van der Waals surface area contributed by atoms with Gasteiger partial charge in [-0.3, -0.25) is 0 Å². The number of carbonyl (C=O) groups is 2. The fraction of sp³-hybridized carbons (Fsp3) is 0.356. The average Bonchev–Trinajstić information content (AvgIpc) is 1.56. The van der Waals surface area contributed by atoms with Gasteiger partial charge >= 0.3 is 59.1 Å². The SMILES string of the molecule is O=C(OCC1c2ccccc2-c2ccccc21)N1CCC[C@H]1[C@H]1OCCc2cccc(O)c21.O=C(OCC1c2ccccc2-c2ccccc21)N1CCC[C@H]1[C@H]1OCCc2cccc(OS(=O)(=O)C(F)(F)F)c21.O=S(=O)(OS(=O)(=O)C(F)(F)F)C(F)(F)F.S.S.S.S. The third-order valence-corrected chi connectivity index (χ3v) is 19.4. The molecule has 502 valence electrons. The summed E-state index contributed by atoms with van der Waals surface area (Å²) in [6, 6.07) is 41.9. The summed E-state index contributed by atoms with van der Waals surface area (Å²) in [6.07, 6.45) is 1.98. The second-order valence-electron chi connectivity index (χ2n) is 21.0. The van der Waals surface area contributed by atoms with E-state index in [1.54, 1.807) is 17.0 Å². The van der Waals surface area contributed by atoms with Crippen LogP contribution in [0.25, 0.3) is 22.3 Å². The number of likely N-dealkylation sites (tertiary alicyclic amines) is 2. The zero-order chi connectivity index (χ0) is 63.1. The molecule has 4 aliphatic heterocycles. The molecule has 33 heteroatoms. The smallest absolute Gasteiger partial charge is 0.508 e. The first-order valence-corrected chi connectivity index (χ1v) is 31.5. The maximum atomic E-state index is 13.4. The Bertz CT molecular complexity index is 3850. The van der Waals surface area contributed by atoms with Crippen LogP contribution in [0, 0.1) is 0 Å². The van der Waals surface area contributed by atoms with Crippen molar-refractivity contribution in [3.8, 4) is 33.8 Å². The molecular formula is C59H61F9N2O15S7. The molecule has 2 saturated heterocycles. The van der Waals surface area contributed by atoms with Crippen LogP contribution in [0.2, 0.25) is 0 Å². The van der Waals surface area contributed by atoms with Gasteiger partial charge in [0.1, 0.15) is 36.9 Å². The number of alkyl halides is 9. The Balaban J connectivity index is 0.000000234. The van der Waals surface area contributed by atoms with E-state index in [9.17, 15) is 79.5 Å². The van der Waals surface area contributed by atoms with Crippen LogP contribution in [0.3, 0.4) is 0 Å². The van der Waals surface area contributed by atoms with Gasteiger partial charge in [-0.2, -0.15) is 119 Å².